The summed E-state index contributed by atoms with van der Waals surface area (Å²) in [6, 6.07) is 7.22. The van der Waals surface area contributed by atoms with Crippen molar-refractivity contribution in [3.8, 4) is 0 Å². The van der Waals surface area contributed by atoms with Gasteiger partial charge in [0.25, 0.3) is 0 Å². The van der Waals surface area contributed by atoms with E-state index in [0.29, 0.717) is 5.57 Å². The Hall–Kier alpha value is -1.97. The summed E-state index contributed by atoms with van der Waals surface area (Å²) in [7, 11) is 1.35. The third kappa shape index (κ3) is 4.30. The molecule has 1 atom stereocenters. The summed E-state index contributed by atoms with van der Waals surface area (Å²) in [5.74, 6) is -0.763. The van der Waals surface area contributed by atoms with E-state index in [-0.39, 0.29) is 24.1 Å². The molecule has 0 amide bonds. The Morgan fingerprint density at radius 3 is 2.35 bits per heavy atom. The number of carbonyl (C=O) groups excluding carboxylic acids is 2. The molecule has 0 heterocycles. The van der Waals surface area contributed by atoms with E-state index in [4.69, 9.17) is 0 Å². The molecule has 0 saturated heterocycles. The molecule has 0 radical (unpaired) electrons. The van der Waals surface area contributed by atoms with Crippen LogP contribution in [0.15, 0.2) is 29.8 Å². The highest BCUT2D eigenvalue weighted by Crippen LogP contribution is 2.19. The SMILES string of the molecule is COC(=O)C(C)c1ccc(C=C(CCF)C(C)=O)cc1. The predicted molar refractivity (Wildman–Crippen MR) is 76.1 cm³/mol. The Bertz CT molecular complexity index is 503. The molecule has 0 bridgehead atoms. The van der Waals surface area contributed by atoms with E-state index >= 15 is 0 Å². The third-order valence-electron chi connectivity index (χ3n) is 3.15. The van der Waals surface area contributed by atoms with Crippen molar-refractivity contribution in [2.24, 2.45) is 0 Å². The maximum atomic E-state index is 12.4. The first-order valence-corrected chi connectivity index (χ1v) is 6.44. The van der Waals surface area contributed by atoms with Gasteiger partial charge in [-0.2, -0.15) is 0 Å². The first-order valence-electron chi connectivity index (χ1n) is 6.44. The first-order chi connectivity index (χ1) is 9.49. The van der Waals surface area contributed by atoms with Crippen LogP contribution in [0.1, 0.15) is 37.3 Å². The van der Waals surface area contributed by atoms with Gasteiger partial charge in [-0.1, -0.05) is 24.3 Å². The average Bonchev–Trinajstić information content (AvgIpc) is 2.45. The Kier molecular flexibility index (Phi) is 6.10. The van der Waals surface area contributed by atoms with Crippen LogP contribution in [0, 0.1) is 0 Å². The molecule has 0 saturated carbocycles. The van der Waals surface area contributed by atoms with E-state index in [1.807, 2.05) is 0 Å². The highest BCUT2D eigenvalue weighted by atomic mass is 19.1. The highest BCUT2D eigenvalue weighted by molar-refractivity contribution is 5.97. The molecule has 1 aromatic rings. The number of rotatable bonds is 6. The molecule has 1 unspecified atom stereocenters. The van der Waals surface area contributed by atoms with Gasteiger partial charge in [0.2, 0.25) is 0 Å². The maximum Gasteiger partial charge on any atom is 0.312 e. The van der Waals surface area contributed by atoms with Gasteiger partial charge < -0.3 is 4.74 Å². The van der Waals surface area contributed by atoms with Crippen LogP contribution in [0.5, 0.6) is 0 Å². The van der Waals surface area contributed by atoms with Crippen LogP contribution in [0.2, 0.25) is 0 Å². The fraction of sp³-hybridized carbons (Fsp3) is 0.375. The van der Waals surface area contributed by atoms with Gasteiger partial charge in [-0.3, -0.25) is 14.0 Å². The van der Waals surface area contributed by atoms with E-state index in [1.165, 1.54) is 14.0 Å². The van der Waals surface area contributed by atoms with Crippen LogP contribution in [0.4, 0.5) is 4.39 Å². The van der Waals surface area contributed by atoms with Gasteiger partial charge in [0, 0.05) is 6.42 Å². The number of carbonyl (C=O) groups is 2. The predicted octanol–water partition coefficient (Wildman–Crippen LogP) is 3.30. The molecule has 20 heavy (non-hydrogen) atoms. The zero-order valence-corrected chi connectivity index (χ0v) is 12.0. The van der Waals surface area contributed by atoms with E-state index in [9.17, 15) is 14.0 Å². The first kappa shape index (κ1) is 16.1. The van der Waals surface area contributed by atoms with Crippen molar-refractivity contribution in [3.05, 3.63) is 41.0 Å². The molecule has 0 N–H and O–H groups in total. The maximum absolute atomic E-state index is 12.4. The fourth-order valence-corrected chi connectivity index (χ4v) is 1.85. The molecule has 0 fully saturated rings. The minimum absolute atomic E-state index is 0.121. The molecule has 4 heteroatoms. The molecule has 0 spiro atoms. The molecule has 0 aliphatic heterocycles. The van der Waals surface area contributed by atoms with Crippen molar-refractivity contribution >= 4 is 17.8 Å². The third-order valence-corrected chi connectivity index (χ3v) is 3.15. The van der Waals surface area contributed by atoms with E-state index in [1.54, 1.807) is 37.3 Å². The second kappa shape index (κ2) is 7.58. The number of allylic oxidation sites excluding steroid dienone is 1. The topological polar surface area (TPSA) is 43.4 Å². The quantitative estimate of drug-likeness (QED) is 0.592. The van der Waals surface area contributed by atoms with Gasteiger partial charge in [-0.05, 0) is 36.6 Å². The van der Waals surface area contributed by atoms with Crippen molar-refractivity contribution in [3.63, 3.8) is 0 Å². The Labute approximate surface area is 118 Å². The number of hydrogen-bond acceptors (Lipinski definition) is 3. The smallest absolute Gasteiger partial charge is 0.312 e. The zero-order chi connectivity index (χ0) is 15.1. The minimum atomic E-state index is -0.553. The monoisotopic (exact) mass is 278 g/mol. The molecule has 3 nitrogen and oxygen atoms in total. The van der Waals surface area contributed by atoms with Crippen LogP contribution in [0.3, 0.4) is 0 Å². The molecular formula is C16H19FO3. The van der Waals surface area contributed by atoms with Crippen LogP contribution in [0.25, 0.3) is 6.08 Å². The van der Waals surface area contributed by atoms with Gasteiger partial charge in [0.15, 0.2) is 5.78 Å². The number of halogens is 1. The van der Waals surface area contributed by atoms with Crippen molar-refractivity contribution in [2.45, 2.75) is 26.2 Å². The van der Waals surface area contributed by atoms with Crippen molar-refractivity contribution < 1.29 is 18.7 Å². The number of ketones is 1. The number of alkyl halides is 1. The summed E-state index contributed by atoms with van der Waals surface area (Å²) >= 11 is 0. The number of ether oxygens (including phenoxy) is 1. The minimum Gasteiger partial charge on any atom is -0.469 e. The average molecular weight is 278 g/mol. The van der Waals surface area contributed by atoms with Crippen LogP contribution in [-0.2, 0) is 14.3 Å². The number of hydrogen-bond donors (Lipinski definition) is 0. The normalized spacial score (nSPS) is 12.9. The lowest BCUT2D eigenvalue weighted by molar-refractivity contribution is -0.142. The van der Waals surface area contributed by atoms with Gasteiger partial charge in [-0.25, -0.2) is 0 Å². The van der Waals surface area contributed by atoms with Crippen molar-refractivity contribution in [1.29, 1.82) is 0 Å². The summed E-state index contributed by atoms with van der Waals surface area (Å²) in [5, 5.41) is 0. The number of methoxy groups -OCH3 is 1. The lowest BCUT2D eigenvalue weighted by Crippen LogP contribution is -2.10. The van der Waals surface area contributed by atoms with E-state index < -0.39 is 6.67 Å². The standard InChI is InChI=1S/C16H19FO3/c1-11(16(19)20-3)14-6-4-13(5-7-14)10-15(8-9-17)12(2)18/h4-7,10-11H,8-9H2,1-3H3. The molecule has 1 aromatic carbocycles. The summed E-state index contributed by atoms with van der Waals surface area (Å²) in [6.07, 6.45) is 1.80. The molecule has 1 rings (SSSR count). The second-order valence-electron chi connectivity index (χ2n) is 4.58. The van der Waals surface area contributed by atoms with Crippen LogP contribution in [-0.4, -0.2) is 25.5 Å². The van der Waals surface area contributed by atoms with Gasteiger partial charge >= 0.3 is 5.97 Å². The largest absolute Gasteiger partial charge is 0.469 e. The second-order valence-corrected chi connectivity index (χ2v) is 4.58. The van der Waals surface area contributed by atoms with Crippen molar-refractivity contribution in [2.75, 3.05) is 13.8 Å². The van der Waals surface area contributed by atoms with E-state index in [2.05, 4.69) is 4.74 Å². The highest BCUT2D eigenvalue weighted by Gasteiger charge is 2.15. The lowest BCUT2D eigenvalue weighted by Gasteiger charge is -2.09. The molecule has 0 aliphatic carbocycles. The Balaban J connectivity index is 2.93. The Morgan fingerprint density at radius 1 is 1.30 bits per heavy atom. The van der Waals surface area contributed by atoms with Crippen LogP contribution >= 0.6 is 0 Å². The number of benzene rings is 1. The van der Waals surface area contributed by atoms with Crippen LogP contribution < -0.4 is 0 Å². The molecule has 108 valence electrons. The van der Waals surface area contributed by atoms with Crippen molar-refractivity contribution in [1.82, 2.24) is 0 Å². The van der Waals surface area contributed by atoms with E-state index in [0.717, 1.165) is 11.1 Å². The molecule has 0 aliphatic rings. The van der Waals surface area contributed by atoms with Gasteiger partial charge in [0.05, 0.1) is 19.7 Å². The fourth-order valence-electron chi connectivity index (χ4n) is 1.85. The summed E-state index contributed by atoms with van der Waals surface area (Å²) in [6.45, 7) is 2.64. The summed E-state index contributed by atoms with van der Waals surface area (Å²) in [5.41, 5.74) is 2.11. The Morgan fingerprint density at radius 2 is 1.90 bits per heavy atom. The summed E-state index contributed by atoms with van der Waals surface area (Å²) < 4.78 is 17.0. The zero-order valence-electron chi connectivity index (χ0n) is 12.0. The molecular weight excluding hydrogens is 259 g/mol. The summed E-state index contributed by atoms with van der Waals surface area (Å²) in [4.78, 5) is 22.8. The lowest BCUT2D eigenvalue weighted by atomic mass is 9.98. The van der Waals surface area contributed by atoms with Gasteiger partial charge in [-0.15, -0.1) is 0 Å². The molecule has 0 aromatic heterocycles. The number of esters is 1. The number of Topliss-reactive ketones (excluding diaryl/α,β-unsaturated/α-hetero) is 1. The van der Waals surface area contributed by atoms with Gasteiger partial charge in [0.1, 0.15) is 0 Å².